The first-order valence-electron chi connectivity index (χ1n) is 5.45. The molecule has 0 aliphatic heterocycles. The van der Waals surface area contributed by atoms with Crippen molar-refractivity contribution in [1.82, 2.24) is 4.57 Å². The maximum atomic E-state index is 11.0. The van der Waals surface area contributed by atoms with Crippen LogP contribution in [0.15, 0.2) is 30.5 Å². The van der Waals surface area contributed by atoms with Crippen LogP contribution in [-0.2, 0) is 11.3 Å². The van der Waals surface area contributed by atoms with Gasteiger partial charge >= 0.3 is 5.97 Å². The third-order valence-corrected chi connectivity index (χ3v) is 3.00. The number of rotatable bonds is 3. The fourth-order valence-corrected chi connectivity index (χ4v) is 2.01. The van der Waals surface area contributed by atoms with E-state index in [9.17, 15) is 4.79 Å². The number of carbonyl (C=O) groups is 1. The van der Waals surface area contributed by atoms with Crippen LogP contribution in [0.2, 0.25) is 0 Å². The highest BCUT2D eigenvalue weighted by atomic mass is 16.4. The molecule has 0 radical (unpaired) electrons. The van der Waals surface area contributed by atoms with E-state index >= 15 is 0 Å². The molecule has 1 aromatic carbocycles. The number of hydrogen-bond acceptors (Lipinski definition) is 1. The van der Waals surface area contributed by atoms with Crippen molar-refractivity contribution in [2.75, 3.05) is 0 Å². The standard InChI is InChI=1S/C13H15NO2/c1-3-14-8-11(9(2)13(15)16)10-6-4-5-7-12(10)14/h4-9H,3H2,1-2H3,(H,15,16). The molecule has 0 aliphatic rings. The maximum Gasteiger partial charge on any atom is 0.310 e. The first-order valence-corrected chi connectivity index (χ1v) is 5.45. The minimum absolute atomic E-state index is 0.460. The van der Waals surface area contributed by atoms with Crippen molar-refractivity contribution in [2.45, 2.75) is 26.3 Å². The summed E-state index contributed by atoms with van der Waals surface area (Å²) in [7, 11) is 0. The molecule has 1 aromatic heterocycles. The number of hydrogen-bond donors (Lipinski definition) is 1. The summed E-state index contributed by atoms with van der Waals surface area (Å²) in [6, 6.07) is 7.93. The topological polar surface area (TPSA) is 42.2 Å². The van der Waals surface area contributed by atoms with Crippen LogP contribution >= 0.6 is 0 Å². The van der Waals surface area contributed by atoms with E-state index in [-0.39, 0.29) is 0 Å². The Balaban J connectivity index is 2.66. The quantitative estimate of drug-likeness (QED) is 0.859. The molecule has 2 rings (SSSR count). The van der Waals surface area contributed by atoms with Gasteiger partial charge in [0.05, 0.1) is 5.92 Å². The van der Waals surface area contributed by atoms with Crippen molar-refractivity contribution in [3.63, 3.8) is 0 Å². The van der Waals surface area contributed by atoms with Crippen LogP contribution in [0.5, 0.6) is 0 Å². The molecule has 0 fully saturated rings. The Hall–Kier alpha value is -1.77. The van der Waals surface area contributed by atoms with E-state index in [1.807, 2.05) is 30.5 Å². The van der Waals surface area contributed by atoms with Gasteiger partial charge < -0.3 is 9.67 Å². The van der Waals surface area contributed by atoms with E-state index in [1.54, 1.807) is 6.92 Å². The Kier molecular flexibility index (Phi) is 2.69. The van der Waals surface area contributed by atoms with Crippen molar-refractivity contribution < 1.29 is 9.90 Å². The number of benzene rings is 1. The van der Waals surface area contributed by atoms with Gasteiger partial charge in [-0.15, -0.1) is 0 Å². The predicted octanol–water partition coefficient (Wildman–Crippen LogP) is 2.85. The lowest BCUT2D eigenvalue weighted by atomic mass is 10.0. The van der Waals surface area contributed by atoms with Crippen LogP contribution in [-0.4, -0.2) is 15.6 Å². The Morgan fingerprint density at radius 2 is 2.12 bits per heavy atom. The molecule has 1 atom stereocenters. The SMILES string of the molecule is CCn1cc(C(C)C(=O)O)c2ccccc21. The highest BCUT2D eigenvalue weighted by Crippen LogP contribution is 2.27. The normalized spacial score (nSPS) is 12.9. The van der Waals surface area contributed by atoms with Gasteiger partial charge in [0.25, 0.3) is 0 Å². The van der Waals surface area contributed by atoms with Gasteiger partial charge in [-0.25, -0.2) is 0 Å². The number of para-hydroxylation sites is 1. The Bertz CT molecular complexity index is 528. The van der Waals surface area contributed by atoms with Crippen LogP contribution in [0.3, 0.4) is 0 Å². The molecule has 0 amide bonds. The summed E-state index contributed by atoms with van der Waals surface area (Å²) in [6.45, 7) is 4.64. The number of aromatic nitrogens is 1. The summed E-state index contributed by atoms with van der Waals surface area (Å²) < 4.78 is 2.09. The molecule has 3 nitrogen and oxygen atoms in total. The van der Waals surface area contributed by atoms with Gasteiger partial charge in [0, 0.05) is 23.6 Å². The molecule has 1 unspecified atom stereocenters. The summed E-state index contributed by atoms with van der Waals surface area (Å²) in [5.41, 5.74) is 2.00. The number of aliphatic carboxylic acids is 1. The molecule has 0 saturated heterocycles. The first kappa shape index (κ1) is 10.7. The molecular formula is C13H15NO2. The predicted molar refractivity (Wildman–Crippen MR) is 63.7 cm³/mol. The summed E-state index contributed by atoms with van der Waals surface area (Å²) in [5.74, 6) is -1.24. The van der Waals surface area contributed by atoms with Crippen molar-refractivity contribution in [2.24, 2.45) is 0 Å². The molecule has 1 heterocycles. The number of aryl methyl sites for hydroxylation is 1. The fourth-order valence-electron chi connectivity index (χ4n) is 2.01. The number of carboxylic acid groups (broad SMARTS) is 1. The minimum atomic E-state index is -0.779. The monoisotopic (exact) mass is 217 g/mol. The molecule has 0 spiro atoms. The molecule has 3 heteroatoms. The van der Waals surface area contributed by atoms with E-state index in [2.05, 4.69) is 11.5 Å². The van der Waals surface area contributed by atoms with E-state index in [0.717, 1.165) is 23.0 Å². The van der Waals surface area contributed by atoms with Crippen molar-refractivity contribution in [1.29, 1.82) is 0 Å². The molecule has 0 saturated carbocycles. The number of nitrogens with zero attached hydrogens (tertiary/aromatic N) is 1. The van der Waals surface area contributed by atoms with E-state index in [1.165, 1.54) is 0 Å². The zero-order chi connectivity index (χ0) is 11.7. The lowest BCUT2D eigenvalue weighted by molar-refractivity contribution is -0.138. The third kappa shape index (κ3) is 1.58. The number of fused-ring (bicyclic) bond motifs is 1. The Morgan fingerprint density at radius 1 is 1.44 bits per heavy atom. The fraction of sp³-hybridized carbons (Fsp3) is 0.308. The molecule has 2 aromatic rings. The highest BCUT2D eigenvalue weighted by molar-refractivity contribution is 5.89. The van der Waals surface area contributed by atoms with Gasteiger partial charge in [0.1, 0.15) is 0 Å². The van der Waals surface area contributed by atoms with Crippen LogP contribution in [0.1, 0.15) is 25.3 Å². The van der Waals surface area contributed by atoms with Crippen LogP contribution in [0.25, 0.3) is 10.9 Å². The van der Waals surface area contributed by atoms with Crippen molar-refractivity contribution in [3.05, 3.63) is 36.0 Å². The lowest BCUT2D eigenvalue weighted by Crippen LogP contribution is -2.06. The van der Waals surface area contributed by atoms with E-state index in [0.29, 0.717) is 0 Å². The first-order chi connectivity index (χ1) is 7.65. The second-order valence-electron chi connectivity index (χ2n) is 3.95. The summed E-state index contributed by atoms with van der Waals surface area (Å²) in [5, 5.41) is 10.1. The third-order valence-electron chi connectivity index (χ3n) is 3.00. The molecule has 0 bridgehead atoms. The summed E-state index contributed by atoms with van der Waals surface area (Å²) >= 11 is 0. The van der Waals surface area contributed by atoms with Crippen LogP contribution in [0.4, 0.5) is 0 Å². The smallest absolute Gasteiger partial charge is 0.310 e. The van der Waals surface area contributed by atoms with Gasteiger partial charge in [-0.3, -0.25) is 4.79 Å². The van der Waals surface area contributed by atoms with E-state index in [4.69, 9.17) is 5.11 Å². The largest absolute Gasteiger partial charge is 0.481 e. The van der Waals surface area contributed by atoms with Crippen LogP contribution < -0.4 is 0 Å². The summed E-state index contributed by atoms with van der Waals surface area (Å²) in [6.07, 6.45) is 1.95. The van der Waals surface area contributed by atoms with Crippen molar-refractivity contribution in [3.8, 4) is 0 Å². The average Bonchev–Trinajstić information content (AvgIpc) is 2.66. The summed E-state index contributed by atoms with van der Waals surface area (Å²) in [4.78, 5) is 11.0. The van der Waals surface area contributed by atoms with Gasteiger partial charge in [0.2, 0.25) is 0 Å². The van der Waals surface area contributed by atoms with E-state index < -0.39 is 11.9 Å². The Labute approximate surface area is 94.3 Å². The maximum absolute atomic E-state index is 11.0. The molecular weight excluding hydrogens is 202 g/mol. The highest BCUT2D eigenvalue weighted by Gasteiger charge is 2.18. The van der Waals surface area contributed by atoms with Gasteiger partial charge in [-0.1, -0.05) is 18.2 Å². The van der Waals surface area contributed by atoms with Crippen molar-refractivity contribution >= 4 is 16.9 Å². The number of carboxylic acids is 1. The van der Waals surface area contributed by atoms with Gasteiger partial charge in [0.15, 0.2) is 0 Å². The average molecular weight is 217 g/mol. The minimum Gasteiger partial charge on any atom is -0.481 e. The Morgan fingerprint density at radius 3 is 2.75 bits per heavy atom. The lowest BCUT2D eigenvalue weighted by Gasteiger charge is -2.03. The molecule has 1 N–H and O–H groups in total. The van der Waals surface area contributed by atoms with Crippen LogP contribution in [0, 0.1) is 0 Å². The van der Waals surface area contributed by atoms with Gasteiger partial charge in [-0.2, -0.15) is 0 Å². The molecule has 0 aliphatic carbocycles. The zero-order valence-electron chi connectivity index (χ0n) is 9.47. The second-order valence-corrected chi connectivity index (χ2v) is 3.95. The molecule has 84 valence electrons. The van der Waals surface area contributed by atoms with Gasteiger partial charge in [-0.05, 0) is 25.5 Å². The zero-order valence-corrected chi connectivity index (χ0v) is 9.47. The molecule has 16 heavy (non-hydrogen) atoms. The second kappa shape index (κ2) is 4.00.